The first-order valence-corrected chi connectivity index (χ1v) is 2.01. The summed E-state index contributed by atoms with van der Waals surface area (Å²) in [5.41, 5.74) is 0. The first kappa shape index (κ1) is 41.3. The predicted octanol–water partition coefficient (Wildman–Crippen LogP) is 1.64. The predicted molar refractivity (Wildman–Crippen MR) is 37.1 cm³/mol. The molecule has 0 fully saturated rings. The Labute approximate surface area is 83.0 Å². The Morgan fingerprint density at radius 1 is 1.08 bits per heavy atom. The van der Waals surface area contributed by atoms with E-state index in [1.807, 2.05) is 0 Å². The summed E-state index contributed by atoms with van der Waals surface area (Å²) in [6.07, 6.45) is 1.17. The van der Waals surface area contributed by atoms with E-state index in [2.05, 4.69) is 0 Å². The molecule has 7 heteroatoms. The van der Waals surface area contributed by atoms with E-state index >= 15 is 0 Å². The third-order valence-electron chi connectivity index (χ3n) is 0.412. The Hall–Kier alpha value is -0.330. The average molecular weight is 273 g/mol. The smallest absolute Gasteiger partial charge is 0.155 e. The summed E-state index contributed by atoms with van der Waals surface area (Å²) in [4.78, 5) is 10.0. The van der Waals surface area contributed by atoms with Gasteiger partial charge in [0.25, 0.3) is 0 Å². The largest absolute Gasteiger partial charge is 0.512 e. The third kappa shape index (κ3) is 54.0. The Balaban J connectivity index is -0.0000000180. The normalized spacial score (nSPS) is 6.67. The molecule has 0 heterocycles. The summed E-state index contributed by atoms with van der Waals surface area (Å²) >= 11 is 0. The van der Waals surface area contributed by atoms with Gasteiger partial charge in [-0.2, -0.15) is 0 Å². The fraction of sp³-hybridized carbons (Fsp3) is 0.400. The molecule has 0 spiro atoms. The third-order valence-corrected chi connectivity index (χ3v) is 0.412. The summed E-state index contributed by atoms with van der Waals surface area (Å²) in [6.45, 7) is 2.85. The van der Waals surface area contributed by atoms with Crippen LogP contribution < -0.4 is 0 Å². The van der Waals surface area contributed by atoms with Crippen molar-refractivity contribution < 1.29 is 51.1 Å². The number of aliphatic hydroxyl groups excluding tert-OH is 1. The van der Waals surface area contributed by atoms with Crippen molar-refractivity contribution >= 4 is 5.78 Å². The Bertz CT molecular complexity index is 114. The van der Waals surface area contributed by atoms with Crippen LogP contribution in [0.3, 0.4) is 0 Å². The molecular weight excluding hydrogens is 261 g/mol. The Kier molecular flexibility index (Phi) is 77.2. The van der Waals surface area contributed by atoms with Crippen molar-refractivity contribution in [3.8, 4) is 0 Å². The van der Waals surface area contributed by atoms with Gasteiger partial charge in [0.1, 0.15) is 0 Å². The second kappa shape index (κ2) is 22.4. The van der Waals surface area contributed by atoms with Crippen LogP contribution in [0.1, 0.15) is 13.8 Å². The monoisotopic (exact) mass is 273 g/mol. The zero-order valence-electron chi connectivity index (χ0n) is 6.51. The van der Waals surface area contributed by atoms with E-state index in [-0.39, 0.29) is 52.7 Å². The second-order valence-electron chi connectivity index (χ2n) is 1.40. The molecule has 12 heavy (non-hydrogen) atoms. The maximum Gasteiger partial charge on any atom is 0.155 e. The van der Waals surface area contributed by atoms with E-state index in [4.69, 9.17) is 5.11 Å². The van der Waals surface area contributed by atoms with Gasteiger partial charge in [0.15, 0.2) is 5.78 Å². The first-order valence-electron chi connectivity index (χ1n) is 2.01. The molecule has 1 radical (unpaired) electrons. The molecule has 0 aliphatic carbocycles. The van der Waals surface area contributed by atoms with Crippen LogP contribution >= 0.6 is 0 Å². The maximum atomic E-state index is 10.0. The van der Waals surface area contributed by atoms with Gasteiger partial charge < -0.3 is 5.11 Å². The number of hydrogen-bond donors (Lipinski definition) is 1. The van der Waals surface area contributed by atoms with E-state index in [1.54, 1.807) is 0 Å². The molecular formula is C5H12F4NbO2. The SMILES string of the molecule is CC(=O)/C=C(/C)O.F.F.F.F.[Nb]. The quantitative estimate of drug-likeness (QED) is 0.341. The molecule has 1 N–H and O–H groups in total. The van der Waals surface area contributed by atoms with Crippen molar-refractivity contribution in [1.82, 2.24) is 0 Å². The van der Waals surface area contributed by atoms with Crippen LogP contribution in [-0.4, -0.2) is 10.9 Å². The van der Waals surface area contributed by atoms with E-state index in [9.17, 15) is 4.79 Å². The standard InChI is InChI=1S/C5H8O2.4FH.Nb/c1-4(6)3-5(2)7;;;;;/h3,6H,1-2H3;4*1H;/b4-3-;;;;;. The van der Waals surface area contributed by atoms with Gasteiger partial charge in [0.2, 0.25) is 0 Å². The molecule has 0 aromatic carbocycles. The molecule has 0 aromatic heterocycles. The zero-order chi connectivity index (χ0) is 5.86. The van der Waals surface area contributed by atoms with E-state index in [1.165, 1.54) is 19.9 Å². The number of ketones is 1. The summed E-state index contributed by atoms with van der Waals surface area (Å²) in [5, 5.41) is 8.36. The van der Waals surface area contributed by atoms with E-state index in [0.717, 1.165) is 0 Å². The molecule has 0 unspecified atom stereocenters. The van der Waals surface area contributed by atoms with Gasteiger partial charge in [0.05, 0.1) is 5.76 Å². The number of carbonyl (C=O) groups excluding carboxylic acids is 1. The molecule has 0 aliphatic heterocycles. The van der Waals surface area contributed by atoms with Gasteiger partial charge in [-0.25, -0.2) is 0 Å². The summed E-state index contributed by atoms with van der Waals surface area (Å²) in [7, 11) is 0. The topological polar surface area (TPSA) is 37.3 Å². The first-order chi connectivity index (χ1) is 3.13. The van der Waals surface area contributed by atoms with E-state index < -0.39 is 0 Å². The fourth-order valence-electron chi connectivity index (χ4n) is 0.294. The maximum absolute atomic E-state index is 10.0. The van der Waals surface area contributed by atoms with Crippen molar-refractivity contribution in [2.75, 3.05) is 0 Å². The van der Waals surface area contributed by atoms with Gasteiger partial charge in [-0.3, -0.25) is 23.6 Å². The van der Waals surface area contributed by atoms with Crippen molar-refractivity contribution in [3.63, 3.8) is 0 Å². The van der Waals surface area contributed by atoms with Gasteiger partial charge in [-0.1, -0.05) is 0 Å². The minimum Gasteiger partial charge on any atom is -0.512 e. The zero-order valence-corrected chi connectivity index (χ0v) is 8.71. The molecule has 77 valence electrons. The van der Waals surface area contributed by atoms with Gasteiger partial charge in [-0.15, -0.1) is 0 Å². The molecule has 0 saturated carbocycles. The minimum atomic E-state index is -0.125. The second-order valence-corrected chi connectivity index (χ2v) is 1.40. The van der Waals surface area contributed by atoms with Crippen LogP contribution in [0, 0.1) is 0 Å². The fourth-order valence-corrected chi connectivity index (χ4v) is 0.294. The number of aliphatic hydroxyl groups is 1. The Morgan fingerprint density at radius 3 is 1.33 bits per heavy atom. The van der Waals surface area contributed by atoms with Crippen molar-refractivity contribution in [2.45, 2.75) is 13.8 Å². The number of hydrogen-bond acceptors (Lipinski definition) is 2. The van der Waals surface area contributed by atoms with Gasteiger partial charge in [-0.05, 0) is 13.8 Å². The number of allylic oxidation sites excluding steroid dienone is 2. The summed E-state index contributed by atoms with van der Waals surface area (Å²) in [6, 6.07) is 0. The van der Waals surface area contributed by atoms with Gasteiger partial charge >= 0.3 is 0 Å². The Morgan fingerprint density at radius 2 is 1.33 bits per heavy atom. The molecule has 0 bridgehead atoms. The molecule has 0 atom stereocenters. The van der Waals surface area contributed by atoms with Crippen molar-refractivity contribution in [1.29, 1.82) is 0 Å². The average Bonchev–Trinajstić information content (AvgIpc) is 1.27. The summed E-state index contributed by atoms with van der Waals surface area (Å²) in [5.74, 6) is -0.0625. The number of halogens is 4. The van der Waals surface area contributed by atoms with Crippen LogP contribution in [0.5, 0.6) is 0 Å². The van der Waals surface area contributed by atoms with Crippen LogP contribution in [0.15, 0.2) is 11.8 Å². The van der Waals surface area contributed by atoms with E-state index in [0.29, 0.717) is 0 Å². The molecule has 0 rings (SSSR count). The molecule has 0 amide bonds. The van der Waals surface area contributed by atoms with Crippen LogP contribution in [0.2, 0.25) is 0 Å². The molecule has 0 aliphatic rings. The molecule has 0 saturated heterocycles. The van der Waals surface area contributed by atoms with Crippen LogP contribution in [0.25, 0.3) is 0 Å². The van der Waals surface area contributed by atoms with Gasteiger partial charge in [0, 0.05) is 28.5 Å². The minimum absolute atomic E-state index is 0. The van der Waals surface area contributed by atoms with Crippen molar-refractivity contribution in [2.24, 2.45) is 0 Å². The molecule has 0 aromatic rings. The molecule has 2 nitrogen and oxygen atoms in total. The summed E-state index contributed by atoms with van der Waals surface area (Å²) < 4.78 is 0. The van der Waals surface area contributed by atoms with Crippen LogP contribution in [0.4, 0.5) is 18.8 Å². The van der Waals surface area contributed by atoms with Crippen molar-refractivity contribution in [3.05, 3.63) is 11.8 Å². The van der Waals surface area contributed by atoms with Crippen LogP contribution in [-0.2, 0) is 27.2 Å². The number of rotatable bonds is 1. The number of carbonyl (C=O) groups is 1.